The molecule has 0 saturated carbocycles. The Balaban J connectivity index is 2.01. The van der Waals surface area contributed by atoms with E-state index in [1.165, 1.54) is 0 Å². The van der Waals surface area contributed by atoms with Gasteiger partial charge < -0.3 is 4.90 Å². The number of rotatable bonds is 2. The van der Waals surface area contributed by atoms with Crippen molar-refractivity contribution in [3.8, 4) is 0 Å². The third-order valence-electron chi connectivity index (χ3n) is 2.15. The van der Waals surface area contributed by atoms with Crippen LogP contribution in [-0.2, 0) is 11.3 Å². The van der Waals surface area contributed by atoms with E-state index in [-0.39, 0.29) is 5.91 Å². The zero-order valence-electron chi connectivity index (χ0n) is 7.58. The Morgan fingerprint density at radius 2 is 2.46 bits per heavy atom. The molecule has 1 fully saturated rings. The molecule has 1 aromatic heterocycles. The van der Waals surface area contributed by atoms with E-state index in [4.69, 9.17) is 0 Å². The molecule has 0 atom stereocenters. The van der Waals surface area contributed by atoms with Gasteiger partial charge in [0.2, 0.25) is 5.91 Å². The minimum absolute atomic E-state index is 0.211. The number of amides is 1. The molecule has 0 radical (unpaired) electrons. The second-order valence-corrected chi connectivity index (χ2v) is 3.26. The highest BCUT2D eigenvalue weighted by molar-refractivity contribution is 5.77. The van der Waals surface area contributed by atoms with Gasteiger partial charge in [0.05, 0.1) is 6.54 Å². The largest absolute Gasteiger partial charge is 0.335 e. The lowest BCUT2D eigenvalue weighted by Gasteiger charge is -2.11. The van der Waals surface area contributed by atoms with Crippen molar-refractivity contribution in [1.29, 1.82) is 0 Å². The van der Waals surface area contributed by atoms with Crippen LogP contribution in [-0.4, -0.2) is 32.5 Å². The third-order valence-corrected chi connectivity index (χ3v) is 2.15. The van der Waals surface area contributed by atoms with Crippen molar-refractivity contribution in [2.75, 3.05) is 6.54 Å². The number of aromatic nitrogens is 3. The van der Waals surface area contributed by atoms with Gasteiger partial charge in [0.15, 0.2) is 5.82 Å². The number of likely N-dealkylation sites (tertiary alicyclic amines) is 1. The molecule has 5 nitrogen and oxygen atoms in total. The predicted molar refractivity (Wildman–Crippen MR) is 45.8 cm³/mol. The average Bonchev–Trinajstić information content (AvgIpc) is 2.64. The zero-order chi connectivity index (χ0) is 9.26. The molecule has 2 heterocycles. The molecular weight excluding hydrogens is 168 g/mol. The summed E-state index contributed by atoms with van der Waals surface area (Å²) in [6.45, 7) is 3.23. The first kappa shape index (κ1) is 8.22. The van der Waals surface area contributed by atoms with Crippen molar-refractivity contribution in [3.05, 3.63) is 11.6 Å². The first-order valence-corrected chi connectivity index (χ1v) is 4.41. The Bertz CT molecular complexity index is 320. The Kier molecular flexibility index (Phi) is 2.00. The second kappa shape index (κ2) is 3.16. The Morgan fingerprint density at radius 3 is 3.00 bits per heavy atom. The quantitative estimate of drug-likeness (QED) is 0.709. The lowest BCUT2D eigenvalue weighted by molar-refractivity contribution is -0.128. The van der Waals surface area contributed by atoms with E-state index in [1.807, 2.05) is 6.92 Å². The smallest absolute Gasteiger partial charge is 0.223 e. The van der Waals surface area contributed by atoms with E-state index in [9.17, 15) is 4.79 Å². The van der Waals surface area contributed by atoms with Crippen LogP contribution in [0.3, 0.4) is 0 Å². The van der Waals surface area contributed by atoms with Crippen LogP contribution < -0.4 is 0 Å². The van der Waals surface area contributed by atoms with E-state index in [0.29, 0.717) is 18.8 Å². The Hall–Kier alpha value is -1.39. The predicted octanol–water partition coefficient (Wildman–Crippen LogP) is 0.236. The molecule has 0 unspecified atom stereocenters. The molecule has 0 spiro atoms. The summed E-state index contributed by atoms with van der Waals surface area (Å²) in [4.78, 5) is 17.2. The van der Waals surface area contributed by atoms with Gasteiger partial charge in [0.25, 0.3) is 0 Å². The van der Waals surface area contributed by atoms with Crippen LogP contribution in [0.15, 0.2) is 0 Å². The maximum Gasteiger partial charge on any atom is 0.223 e. The van der Waals surface area contributed by atoms with Crippen molar-refractivity contribution in [3.63, 3.8) is 0 Å². The molecule has 1 aromatic rings. The summed E-state index contributed by atoms with van der Waals surface area (Å²) in [5.74, 6) is 1.71. The number of nitrogens with one attached hydrogen (secondary N) is 1. The van der Waals surface area contributed by atoms with Crippen LogP contribution in [0.25, 0.3) is 0 Å². The summed E-state index contributed by atoms with van der Waals surface area (Å²) in [7, 11) is 0. The monoisotopic (exact) mass is 180 g/mol. The van der Waals surface area contributed by atoms with Crippen LogP contribution in [0, 0.1) is 6.92 Å². The number of hydrogen-bond donors (Lipinski definition) is 1. The average molecular weight is 180 g/mol. The van der Waals surface area contributed by atoms with Gasteiger partial charge in [0.1, 0.15) is 5.82 Å². The number of nitrogens with zero attached hydrogens (tertiary/aromatic N) is 3. The van der Waals surface area contributed by atoms with E-state index in [2.05, 4.69) is 15.2 Å². The summed E-state index contributed by atoms with van der Waals surface area (Å²) in [5.41, 5.74) is 0. The fourth-order valence-electron chi connectivity index (χ4n) is 1.50. The zero-order valence-corrected chi connectivity index (χ0v) is 7.58. The maximum absolute atomic E-state index is 11.2. The molecule has 70 valence electrons. The van der Waals surface area contributed by atoms with Gasteiger partial charge >= 0.3 is 0 Å². The van der Waals surface area contributed by atoms with Gasteiger partial charge in [-0.05, 0) is 13.3 Å². The van der Waals surface area contributed by atoms with E-state index >= 15 is 0 Å². The molecule has 0 aliphatic carbocycles. The van der Waals surface area contributed by atoms with Crippen molar-refractivity contribution in [2.45, 2.75) is 26.3 Å². The molecule has 1 amide bonds. The highest BCUT2D eigenvalue weighted by atomic mass is 16.2. The molecule has 1 saturated heterocycles. The molecule has 13 heavy (non-hydrogen) atoms. The molecule has 5 heteroatoms. The van der Waals surface area contributed by atoms with Gasteiger partial charge in [-0.15, -0.1) is 0 Å². The summed E-state index contributed by atoms with van der Waals surface area (Å²) in [5, 5.41) is 6.74. The van der Waals surface area contributed by atoms with Crippen LogP contribution >= 0.6 is 0 Å². The molecule has 0 bridgehead atoms. The fourth-order valence-corrected chi connectivity index (χ4v) is 1.50. The van der Waals surface area contributed by atoms with Crippen molar-refractivity contribution in [1.82, 2.24) is 20.1 Å². The fraction of sp³-hybridized carbons (Fsp3) is 0.625. The standard InChI is InChI=1S/C8H12N4O/c1-6-9-7(11-10-6)5-12-4-2-3-8(12)13/h2-5H2,1H3,(H,9,10,11). The maximum atomic E-state index is 11.2. The van der Waals surface area contributed by atoms with Crippen LogP contribution in [0.5, 0.6) is 0 Å². The molecule has 1 aliphatic rings. The topological polar surface area (TPSA) is 61.9 Å². The third kappa shape index (κ3) is 1.68. The summed E-state index contributed by atoms with van der Waals surface area (Å²) in [6, 6.07) is 0. The molecule has 2 rings (SSSR count). The lowest BCUT2D eigenvalue weighted by Crippen LogP contribution is -2.24. The van der Waals surface area contributed by atoms with Gasteiger partial charge in [-0.1, -0.05) is 0 Å². The van der Waals surface area contributed by atoms with Gasteiger partial charge in [-0.2, -0.15) is 5.10 Å². The molecule has 1 N–H and O–H groups in total. The minimum atomic E-state index is 0.211. The Morgan fingerprint density at radius 1 is 1.62 bits per heavy atom. The number of aryl methyl sites for hydroxylation is 1. The van der Waals surface area contributed by atoms with Gasteiger partial charge in [-0.25, -0.2) is 4.98 Å². The van der Waals surface area contributed by atoms with Crippen molar-refractivity contribution >= 4 is 5.91 Å². The summed E-state index contributed by atoms with van der Waals surface area (Å²) < 4.78 is 0. The highest BCUT2D eigenvalue weighted by Gasteiger charge is 2.21. The van der Waals surface area contributed by atoms with Crippen molar-refractivity contribution in [2.24, 2.45) is 0 Å². The summed E-state index contributed by atoms with van der Waals surface area (Å²) >= 11 is 0. The van der Waals surface area contributed by atoms with Crippen LogP contribution in [0.4, 0.5) is 0 Å². The van der Waals surface area contributed by atoms with E-state index < -0.39 is 0 Å². The number of carbonyl (C=O) groups excluding carboxylic acids is 1. The van der Waals surface area contributed by atoms with E-state index in [0.717, 1.165) is 18.8 Å². The van der Waals surface area contributed by atoms with E-state index in [1.54, 1.807) is 4.90 Å². The SMILES string of the molecule is Cc1nc(CN2CCCC2=O)n[nH]1. The second-order valence-electron chi connectivity index (χ2n) is 3.26. The minimum Gasteiger partial charge on any atom is -0.335 e. The van der Waals surface area contributed by atoms with Crippen LogP contribution in [0.1, 0.15) is 24.5 Å². The number of carbonyl (C=O) groups is 1. The summed E-state index contributed by atoms with van der Waals surface area (Å²) in [6.07, 6.45) is 1.63. The number of aromatic amines is 1. The molecular formula is C8H12N4O. The van der Waals surface area contributed by atoms with Gasteiger partial charge in [0, 0.05) is 13.0 Å². The molecule has 0 aromatic carbocycles. The lowest BCUT2D eigenvalue weighted by atomic mass is 10.4. The first-order valence-electron chi connectivity index (χ1n) is 4.41. The highest BCUT2D eigenvalue weighted by Crippen LogP contribution is 2.11. The normalized spacial score (nSPS) is 17.0. The number of H-pyrrole nitrogens is 1. The van der Waals surface area contributed by atoms with Crippen LogP contribution in [0.2, 0.25) is 0 Å². The first-order chi connectivity index (χ1) is 6.25. The van der Waals surface area contributed by atoms with Crippen molar-refractivity contribution < 1.29 is 4.79 Å². The van der Waals surface area contributed by atoms with Gasteiger partial charge in [-0.3, -0.25) is 9.89 Å². The Labute approximate surface area is 76.2 Å². The molecule has 1 aliphatic heterocycles. The number of hydrogen-bond acceptors (Lipinski definition) is 3.